The number of nitrogens with one attached hydrogen (secondary N) is 1. The van der Waals surface area contributed by atoms with Crippen LogP contribution < -0.4 is 5.32 Å². The first-order valence-electron chi connectivity index (χ1n) is 18.1. The van der Waals surface area contributed by atoms with E-state index in [1.807, 2.05) is 0 Å². The molecule has 2 aliphatic heterocycles. The van der Waals surface area contributed by atoms with Crippen LogP contribution >= 0.6 is 0 Å². The first kappa shape index (κ1) is 44.3. The zero-order valence-corrected chi connectivity index (χ0v) is 32.5. The average molecular weight is 748 g/mol. The number of urea groups is 1. The first-order valence-corrected chi connectivity index (χ1v) is 19.5. The number of carbonyl (C=O) groups excluding carboxylic acids is 2. The molecule has 2 bridgehead atoms. The van der Waals surface area contributed by atoms with Gasteiger partial charge in [0.25, 0.3) is 0 Å². The van der Waals surface area contributed by atoms with Crippen LogP contribution in [0.15, 0.2) is 11.4 Å². The van der Waals surface area contributed by atoms with E-state index in [1.54, 1.807) is 14.2 Å². The summed E-state index contributed by atoms with van der Waals surface area (Å²) in [6.45, 7) is 15.9. The fraction of sp³-hybridized carbons (Fsp3) is 0.818. The molecular weight excluding hydrogens is 686 g/mol. The third-order valence-corrected chi connectivity index (χ3v) is 9.27. The van der Waals surface area contributed by atoms with Gasteiger partial charge in [-0.2, -0.15) is 14.4 Å². The van der Waals surface area contributed by atoms with Crippen LogP contribution in [-0.2, 0) is 45.6 Å². The number of methoxy groups -OCH3 is 1. The molecule has 0 radical (unpaired) electrons. The molecule has 0 aliphatic carbocycles. The second-order valence-corrected chi connectivity index (χ2v) is 13.7. The zero-order valence-electron chi connectivity index (χ0n) is 31.6. The number of aromatic nitrogens is 2. The van der Waals surface area contributed by atoms with Crippen LogP contribution in [0.4, 0.5) is 4.79 Å². The molecule has 1 fully saturated rings. The number of rotatable bonds is 24. The normalized spacial score (nSPS) is 17.3. The maximum Gasteiger partial charge on any atom is 0.360 e. The molecule has 3 rings (SSSR count). The van der Waals surface area contributed by atoms with E-state index >= 15 is 0 Å². The van der Waals surface area contributed by atoms with E-state index in [0.717, 1.165) is 0 Å². The van der Waals surface area contributed by atoms with Gasteiger partial charge in [0, 0.05) is 26.8 Å². The van der Waals surface area contributed by atoms with Gasteiger partial charge in [-0.25, -0.2) is 18.0 Å². The lowest BCUT2D eigenvalue weighted by Gasteiger charge is -2.39. The minimum atomic E-state index is -5.20. The monoisotopic (exact) mass is 747 g/mol. The summed E-state index contributed by atoms with van der Waals surface area (Å²) in [5.74, 6) is -0.738. The Balaban J connectivity index is 0.000000449. The molecule has 51 heavy (non-hydrogen) atoms. The lowest BCUT2D eigenvalue weighted by Crippen LogP contribution is -2.50. The molecule has 0 aromatic carbocycles. The van der Waals surface area contributed by atoms with Crippen LogP contribution in [0.25, 0.3) is 0 Å². The van der Waals surface area contributed by atoms with Crippen LogP contribution in [0.5, 0.6) is 0 Å². The van der Waals surface area contributed by atoms with Crippen LogP contribution in [0.3, 0.4) is 0 Å². The molecule has 1 aromatic heterocycles. The Morgan fingerprint density at radius 3 is 2.04 bits per heavy atom. The van der Waals surface area contributed by atoms with Crippen molar-refractivity contribution >= 4 is 28.2 Å². The van der Waals surface area contributed by atoms with Crippen molar-refractivity contribution in [3.8, 4) is 0 Å². The van der Waals surface area contributed by atoms with Gasteiger partial charge < -0.3 is 38.3 Å². The van der Waals surface area contributed by atoms with Gasteiger partial charge >= 0.3 is 12.0 Å². The Morgan fingerprint density at radius 1 is 0.980 bits per heavy atom. The van der Waals surface area contributed by atoms with Gasteiger partial charge in [-0.05, 0) is 25.7 Å². The van der Waals surface area contributed by atoms with Gasteiger partial charge in [0.15, 0.2) is 5.84 Å². The van der Waals surface area contributed by atoms with Crippen molar-refractivity contribution in [1.82, 2.24) is 25.1 Å². The zero-order chi connectivity index (χ0) is 37.9. The smallest absolute Gasteiger partial charge is 0.360 e. The highest BCUT2D eigenvalue weighted by molar-refractivity contribution is 7.80. The number of oxime groups is 1. The second kappa shape index (κ2) is 22.9. The molecule has 1 saturated heterocycles. The van der Waals surface area contributed by atoms with Crippen LogP contribution in [0.2, 0.25) is 0 Å². The number of carbonyl (C=O) groups is 2. The fourth-order valence-corrected chi connectivity index (χ4v) is 6.59. The van der Waals surface area contributed by atoms with E-state index in [2.05, 4.69) is 47.5 Å². The maximum atomic E-state index is 12.8. The number of quaternary nitrogens is 1. The fourth-order valence-electron chi connectivity index (χ4n) is 6.22. The van der Waals surface area contributed by atoms with E-state index in [4.69, 9.17) is 19.0 Å². The summed E-state index contributed by atoms with van der Waals surface area (Å²) < 4.78 is 55.9. The Bertz CT molecular complexity index is 1290. The largest absolute Gasteiger partial charge is 0.724 e. The van der Waals surface area contributed by atoms with Crippen molar-refractivity contribution in [2.45, 2.75) is 91.1 Å². The Morgan fingerprint density at radius 2 is 1.53 bits per heavy atom. The van der Waals surface area contributed by atoms with Crippen molar-refractivity contribution in [1.29, 1.82) is 0 Å². The number of unbranched alkanes of at least 4 members (excludes halogenated alkanes) is 4. The van der Waals surface area contributed by atoms with E-state index < -0.39 is 34.5 Å². The van der Waals surface area contributed by atoms with Crippen molar-refractivity contribution in [2.24, 2.45) is 12.2 Å². The summed E-state index contributed by atoms with van der Waals surface area (Å²) in [4.78, 5) is 31.0. The first-order chi connectivity index (χ1) is 24.4. The second-order valence-electron chi connectivity index (χ2n) is 12.8. The number of aryl methyl sites for hydroxylation is 1. The summed E-state index contributed by atoms with van der Waals surface area (Å²) in [5.41, 5.74) is 0.914. The van der Waals surface area contributed by atoms with Gasteiger partial charge in [0.05, 0.1) is 71.0 Å². The van der Waals surface area contributed by atoms with Gasteiger partial charge in [0.1, 0.15) is 18.7 Å². The molecular formula is C33H61N7O10S. The summed E-state index contributed by atoms with van der Waals surface area (Å²) in [5, 5.41) is 11.2. The van der Waals surface area contributed by atoms with Crippen molar-refractivity contribution < 1.29 is 50.4 Å². The van der Waals surface area contributed by atoms with Gasteiger partial charge in [-0.1, -0.05) is 58.5 Å². The van der Waals surface area contributed by atoms with Crippen molar-refractivity contribution in [2.75, 3.05) is 79.9 Å². The predicted octanol–water partition coefficient (Wildman–Crippen LogP) is 3.40. The molecule has 1 N–H and O–H groups in total. The molecule has 3 heterocycles. The summed E-state index contributed by atoms with van der Waals surface area (Å²) in [7, 11) is -0.538. The number of hydrogen-bond acceptors (Lipinski definition) is 12. The molecule has 1 aromatic rings. The lowest BCUT2D eigenvalue weighted by atomic mass is 9.97. The van der Waals surface area contributed by atoms with E-state index in [-0.39, 0.29) is 32.2 Å². The molecule has 294 valence electrons. The van der Waals surface area contributed by atoms with Gasteiger partial charge in [-0.15, -0.1) is 0 Å². The highest BCUT2D eigenvalue weighted by atomic mass is 32.3. The molecule has 0 spiro atoms. The van der Waals surface area contributed by atoms with Crippen LogP contribution in [-0.4, -0.2) is 135 Å². The average Bonchev–Trinajstić information content (AvgIpc) is 3.62. The number of amidine groups is 1. The van der Waals surface area contributed by atoms with Crippen molar-refractivity contribution in [3.05, 3.63) is 17.5 Å². The summed E-state index contributed by atoms with van der Waals surface area (Å²) in [6.07, 6.45) is 12.5. The highest BCUT2D eigenvalue weighted by Gasteiger charge is 2.52. The van der Waals surface area contributed by atoms with E-state index in [9.17, 15) is 22.6 Å². The molecule has 2 atom stereocenters. The Hall–Kier alpha value is -2.87. The third kappa shape index (κ3) is 13.9. The number of ether oxygens (including phenoxy) is 3. The highest BCUT2D eigenvalue weighted by Crippen LogP contribution is 2.44. The number of hydrogen-bond donors (Lipinski definition) is 1. The predicted molar refractivity (Wildman–Crippen MR) is 189 cm³/mol. The van der Waals surface area contributed by atoms with E-state index in [0.29, 0.717) is 29.5 Å². The summed E-state index contributed by atoms with van der Waals surface area (Å²) >= 11 is 0. The Labute approximate surface area is 304 Å². The molecule has 18 heteroatoms. The van der Waals surface area contributed by atoms with Crippen LogP contribution in [0.1, 0.15) is 102 Å². The molecule has 2 amide bonds. The van der Waals surface area contributed by atoms with Crippen LogP contribution in [0, 0.1) is 0 Å². The number of likely N-dealkylation sites (N-methyl/N-ethyl adjacent to an activating group) is 1. The topological polar surface area (TPSA) is 186 Å². The summed E-state index contributed by atoms with van der Waals surface area (Å²) in [6, 6.07) is -2.69. The van der Waals surface area contributed by atoms with E-state index in [1.165, 1.54) is 105 Å². The minimum Gasteiger partial charge on any atom is -0.724 e. The number of hydroxylamine groups is 2. The van der Waals surface area contributed by atoms with Crippen molar-refractivity contribution in [3.63, 3.8) is 0 Å². The maximum absolute atomic E-state index is 12.8. The quantitative estimate of drug-likeness (QED) is 0.0238. The molecule has 17 nitrogen and oxygen atoms in total. The number of amides is 2. The molecule has 2 aliphatic rings. The van der Waals surface area contributed by atoms with Gasteiger partial charge in [-0.3, -0.25) is 4.68 Å². The Kier molecular flexibility index (Phi) is 19.9. The molecule has 0 saturated carbocycles. The number of fused-ring (bicyclic) bond motifs is 4. The minimum absolute atomic E-state index is 0.0153. The SMILES string of the molecule is CCCC[N+](CCCC)(CCCC)CCCC.CN/C(=N\OC(=O)COCCOCCOC)[C@@H]1c2c(cnn2C)[C@@H]2CN1C(=O)N2OS(=O)(=O)[O-]. The standard InChI is InChI=1S/C17H26N6O10S.C16H36N/c1-18-16(20-32-13(24)10-31-7-6-30-5-4-29-3)15-14-11(8-19-21(14)2)12-9-22(15)17(25)23(12)33-34(26,27)28;1-5-9-13-17(14-10-6-2,15-11-7-3)16-12-8-4/h8,12,15H,4-7,9-10H2,1-3H3,(H,18,20)(H,26,27,28);5-16H2,1-4H3/q;+1/p-1/t12-,15-;/m0./s1. The molecule has 0 unspecified atom stereocenters. The third-order valence-electron chi connectivity index (χ3n) is 8.93. The number of nitrogens with zero attached hydrogens (tertiary/aromatic N) is 6. The van der Waals surface area contributed by atoms with Gasteiger partial charge in [0.2, 0.25) is 10.4 Å². The lowest BCUT2D eigenvalue weighted by molar-refractivity contribution is -0.929.